The summed E-state index contributed by atoms with van der Waals surface area (Å²) in [5.41, 5.74) is 7.47. The molecule has 1 aromatic carbocycles. The van der Waals surface area contributed by atoms with Crippen molar-refractivity contribution in [3.63, 3.8) is 0 Å². The average molecular weight is 202 g/mol. The van der Waals surface area contributed by atoms with Crippen molar-refractivity contribution in [1.82, 2.24) is 0 Å². The largest absolute Gasteiger partial charge is 0.330 e. The minimum absolute atomic E-state index is 0.212. The zero-order valence-electron chi connectivity index (χ0n) is 7.82. The van der Waals surface area contributed by atoms with E-state index in [0.717, 1.165) is 5.56 Å². The first-order valence-corrected chi connectivity index (χ1v) is 4.60. The van der Waals surface area contributed by atoms with Crippen LogP contribution in [-0.4, -0.2) is 6.54 Å². The third-order valence-electron chi connectivity index (χ3n) is 2.21. The van der Waals surface area contributed by atoms with E-state index >= 15 is 0 Å². The normalized spacial score (nSPS) is 10.5. The van der Waals surface area contributed by atoms with E-state index in [1.165, 1.54) is 0 Å². The predicted octanol–water partition coefficient (Wildman–Crippen LogP) is 2.60. The Hall–Kier alpha value is -0.600. The lowest BCUT2D eigenvalue weighted by Crippen LogP contribution is -2.06. The van der Waals surface area contributed by atoms with Crippen LogP contribution in [0.15, 0.2) is 6.07 Å². The smallest absolute Gasteiger partial charge is 0.130 e. The second-order valence-electron chi connectivity index (χ2n) is 3.12. The van der Waals surface area contributed by atoms with Gasteiger partial charge in [0.2, 0.25) is 0 Å². The minimum atomic E-state index is -0.212. The van der Waals surface area contributed by atoms with Gasteiger partial charge in [-0.2, -0.15) is 0 Å². The molecule has 0 aliphatic rings. The summed E-state index contributed by atoms with van der Waals surface area (Å²) >= 11 is 5.85. The zero-order chi connectivity index (χ0) is 10.0. The van der Waals surface area contributed by atoms with Crippen LogP contribution in [0.3, 0.4) is 0 Å². The minimum Gasteiger partial charge on any atom is -0.330 e. The summed E-state index contributed by atoms with van der Waals surface area (Å²) in [5.74, 6) is -0.212. The van der Waals surface area contributed by atoms with Gasteiger partial charge in [0.05, 0.1) is 0 Å². The molecule has 0 bridgehead atoms. The van der Waals surface area contributed by atoms with Crippen molar-refractivity contribution < 1.29 is 4.39 Å². The highest BCUT2D eigenvalue weighted by Crippen LogP contribution is 2.24. The second-order valence-corrected chi connectivity index (χ2v) is 3.53. The van der Waals surface area contributed by atoms with E-state index in [9.17, 15) is 4.39 Å². The van der Waals surface area contributed by atoms with Crippen LogP contribution < -0.4 is 5.73 Å². The average Bonchev–Trinajstić information content (AvgIpc) is 2.11. The fourth-order valence-electron chi connectivity index (χ4n) is 1.31. The van der Waals surface area contributed by atoms with Crippen molar-refractivity contribution in [3.05, 3.63) is 33.6 Å². The van der Waals surface area contributed by atoms with Crippen LogP contribution in [0, 0.1) is 19.7 Å². The number of benzene rings is 1. The lowest BCUT2D eigenvalue weighted by atomic mass is 10.0. The van der Waals surface area contributed by atoms with Crippen LogP contribution in [0.25, 0.3) is 0 Å². The van der Waals surface area contributed by atoms with Gasteiger partial charge in [-0.3, -0.25) is 0 Å². The summed E-state index contributed by atoms with van der Waals surface area (Å²) in [6.45, 7) is 3.94. The van der Waals surface area contributed by atoms with E-state index in [-0.39, 0.29) is 5.82 Å². The van der Waals surface area contributed by atoms with Crippen LogP contribution in [-0.2, 0) is 6.42 Å². The van der Waals surface area contributed by atoms with Crippen LogP contribution in [0.5, 0.6) is 0 Å². The lowest BCUT2D eigenvalue weighted by molar-refractivity contribution is 0.606. The molecule has 0 saturated carbocycles. The van der Waals surface area contributed by atoms with Gasteiger partial charge in [-0.25, -0.2) is 4.39 Å². The highest BCUT2D eigenvalue weighted by Gasteiger charge is 2.10. The third kappa shape index (κ3) is 2.01. The van der Waals surface area contributed by atoms with Crippen molar-refractivity contribution in [1.29, 1.82) is 0 Å². The Kier molecular flexibility index (Phi) is 3.28. The zero-order valence-corrected chi connectivity index (χ0v) is 8.58. The molecule has 3 heteroatoms. The molecule has 0 atom stereocenters. The molecule has 0 amide bonds. The Morgan fingerprint density at radius 1 is 1.38 bits per heavy atom. The number of nitrogens with two attached hydrogens (primary N) is 1. The van der Waals surface area contributed by atoms with Crippen LogP contribution in [0.4, 0.5) is 4.39 Å². The molecule has 0 fully saturated rings. The van der Waals surface area contributed by atoms with Gasteiger partial charge in [-0.1, -0.05) is 11.6 Å². The molecular weight excluding hydrogens is 189 g/mol. The van der Waals surface area contributed by atoms with Gasteiger partial charge in [-0.15, -0.1) is 0 Å². The predicted molar refractivity (Wildman–Crippen MR) is 53.6 cm³/mol. The van der Waals surface area contributed by atoms with E-state index in [2.05, 4.69) is 0 Å². The van der Waals surface area contributed by atoms with Crippen LogP contribution >= 0.6 is 11.6 Å². The van der Waals surface area contributed by atoms with Gasteiger partial charge >= 0.3 is 0 Å². The second kappa shape index (κ2) is 4.07. The molecule has 2 N–H and O–H groups in total. The quantitative estimate of drug-likeness (QED) is 0.782. The van der Waals surface area contributed by atoms with Gasteiger partial charge in [0.25, 0.3) is 0 Å². The summed E-state index contributed by atoms with van der Waals surface area (Å²) in [6, 6.07) is 1.79. The maximum absolute atomic E-state index is 13.5. The Morgan fingerprint density at radius 3 is 2.54 bits per heavy atom. The van der Waals surface area contributed by atoms with Crippen molar-refractivity contribution in [2.24, 2.45) is 5.73 Å². The third-order valence-corrected chi connectivity index (χ3v) is 2.61. The summed E-state index contributed by atoms with van der Waals surface area (Å²) in [7, 11) is 0. The molecule has 0 aliphatic carbocycles. The highest BCUT2D eigenvalue weighted by molar-refractivity contribution is 6.31. The summed E-state index contributed by atoms with van der Waals surface area (Å²) in [6.07, 6.45) is 0.669. The fourth-order valence-corrected chi connectivity index (χ4v) is 1.53. The Balaban J connectivity index is 3.24. The van der Waals surface area contributed by atoms with Crippen LogP contribution in [0.2, 0.25) is 5.02 Å². The van der Waals surface area contributed by atoms with Crippen molar-refractivity contribution in [2.75, 3.05) is 6.54 Å². The van der Waals surface area contributed by atoms with Crippen molar-refractivity contribution in [2.45, 2.75) is 20.3 Å². The molecule has 0 aliphatic heterocycles. The lowest BCUT2D eigenvalue weighted by Gasteiger charge is -2.09. The van der Waals surface area contributed by atoms with E-state index in [0.29, 0.717) is 29.1 Å². The Labute approximate surface area is 82.7 Å². The summed E-state index contributed by atoms with van der Waals surface area (Å²) in [4.78, 5) is 0. The molecule has 0 radical (unpaired) electrons. The number of halogens is 2. The van der Waals surface area contributed by atoms with E-state index in [4.69, 9.17) is 17.3 Å². The Bertz CT molecular complexity index is 323. The molecule has 1 aromatic rings. The van der Waals surface area contributed by atoms with Gasteiger partial charge < -0.3 is 5.73 Å². The molecular formula is C10H13ClFN. The maximum Gasteiger partial charge on any atom is 0.130 e. The number of hydrogen-bond donors (Lipinski definition) is 1. The molecule has 0 aromatic heterocycles. The molecule has 0 heterocycles. The van der Waals surface area contributed by atoms with Gasteiger partial charge in [-0.05, 0) is 44.0 Å². The first-order chi connectivity index (χ1) is 6.07. The molecule has 1 rings (SSSR count). The number of hydrogen-bond acceptors (Lipinski definition) is 1. The molecule has 0 spiro atoms. The van der Waals surface area contributed by atoms with Crippen molar-refractivity contribution in [3.8, 4) is 0 Å². The van der Waals surface area contributed by atoms with E-state index < -0.39 is 0 Å². The van der Waals surface area contributed by atoms with Gasteiger partial charge in [0, 0.05) is 10.6 Å². The molecule has 0 unspecified atom stereocenters. The first-order valence-electron chi connectivity index (χ1n) is 4.22. The van der Waals surface area contributed by atoms with E-state index in [1.54, 1.807) is 19.9 Å². The molecule has 72 valence electrons. The fraction of sp³-hybridized carbons (Fsp3) is 0.400. The van der Waals surface area contributed by atoms with Crippen LogP contribution in [0.1, 0.15) is 16.7 Å². The topological polar surface area (TPSA) is 26.0 Å². The Morgan fingerprint density at radius 2 is 2.00 bits per heavy atom. The molecule has 0 saturated heterocycles. The highest BCUT2D eigenvalue weighted by atomic mass is 35.5. The van der Waals surface area contributed by atoms with E-state index in [1.807, 2.05) is 0 Å². The van der Waals surface area contributed by atoms with Crippen molar-refractivity contribution >= 4 is 11.6 Å². The van der Waals surface area contributed by atoms with Gasteiger partial charge in [0.15, 0.2) is 0 Å². The molecule has 13 heavy (non-hydrogen) atoms. The molecule has 1 nitrogen and oxygen atoms in total. The standard InChI is InChI=1S/C10H13ClFN/c1-6-8(3-4-13)5-9(11)7(2)10(6)12/h5H,3-4,13H2,1-2H3. The monoisotopic (exact) mass is 201 g/mol. The maximum atomic E-state index is 13.5. The first kappa shape index (κ1) is 10.5. The SMILES string of the molecule is Cc1c(Cl)cc(CCN)c(C)c1F. The summed E-state index contributed by atoms with van der Waals surface area (Å²) in [5, 5.41) is 0.478. The number of rotatable bonds is 2. The summed E-state index contributed by atoms with van der Waals surface area (Å²) < 4.78 is 13.5. The van der Waals surface area contributed by atoms with Gasteiger partial charge in [0.1, 0.15) is 5.82 Å².